The van der Waals surface area contributed by atoms with Gasteiger partial charge in [-0.15, -0.1) is 0 Å². The first-order chi connectivity index (χ1) is 18.3. The molecule has 0 fully saturated rings. The van der Waals surface area contributed by atoms with Gasteiger partial charge in [0.05, 0.1) is 11.2 Å². The number of nitrogen functional groups attached to an aromatic ring is 1. The van der Waals surface area contributed by atoms with Crippen molar-refractivity contribution in [3.63, 3.8) is 0 Å². The average molecular weight is 626 g/mol. The van der Waals surface area contributed by atoms with Gasteiger partial charge in [0.1, 0.15) is 24.0 Å². The second-order valence-corrected chi connectivity index (χ2v) is 13.0. The Balaban J connectivity index is 0.00000560. The number of nitrogens with two attached hydrogens (primary N) is 2. The normalized spacial score (nSPS) is 18.2. The van der Waals surface area contributed by atoms with Gasteiger partial charge in [-0.2, -0.15) is 4.31 Å². The van der Waals surface area contributed by atoms with Crippen LogP contribution in [-0.4, -0.2) is 85.1 Å². The maximum Gasteiger partial charge on any atom is 0.470 e. The molecule has 1 aromatic heterocycles. The quantitative estimate of drug-likeness (QED) is 0.111. The summed E-state index contributed by atoms with van der Waals surface area (Å²) in [6, 6.07) is 7.05. The van der Waals surface area contributed by atoms with E-state index in [1.807, 2.05) is 12.2 Å². The second-order valence-electron chi connectivity index (χ2n) is 9.89. The molecule has 12 nitrogen and oxygen atoms in total. The molecule has 1 aliphatic carbocycles. The van der Waals surface area contributed by atoms with E-state index in [1.165, 1.54) is 42.7 Å². The molecule has 1 aromatic carbocycles. The summed E-state index contributed by atoms with van der Waals surface area (Å²) < 4.78 is 57.7. The Kier molecular flexibility index (Phi) is 13.2. The number of furan rings is 1. The van der Waals surface area contributed by atoms with Gasteiger partial charge in [0, 0.05) is 50.0 Å². The number of anilines is 1. The van der Waals surface area contributed by atoms with Crippen molar-refractivity contribution >= 4 is 67.4 Å². The van der Waals surface area contributed by atoms with Crippen LogP contribution >= 0.6 is 7.82 Å². The Morgan fingerprint density at radius 1 is 1.23 bits per heavy atom. The molecule has 0 saturated heterocycles. The SMILES string of the molecule is CC(C)CN([C@H](c1ccco1)[C@@H](OP(=O)(O)O)[C@H](CC1C=CCCC1)OC(N)=O)S(=O)(=O)c1ccc(N)cc1.[Ca]. The number of hydrogen-bond donors (Lipinski definition) is 4. The predicted molar refractivity (Wildman–Crippen MR) is 149 cm³/mol. The molecular formula is C25H36CaN3O9PS. The van der Waals surface area contributed by atoms with E-state index in [0.717, 1.165) is 23.6 Å². The van der Waals surface area contributed by atoms with E-state index in [4.69, 9.17) is 25.1 Å². The number of benzene rings is 1. The Bertz CT molecular complexity index is 1270. The third-order valence-electron chi connectivity index (χ3n) is 6.27. The van der Waals surface area contributed by atoms with Crippen LogP contribution in [0.25, 0.3) is 0 Å². The largest absolute Gasteiger partial charge is 0.470 e. The number of nitrogens with zero attached hydrogens (tertiary/aromatic N) is 1. The number of allylic oxidation sites excluding steroid dienone is 2. The molecule has 3 rings (SSSR count). The number of phosphoric acid groups is 1. The zero-order valence-electron chi connectivity index (χ0n) is 22.5. The molecule has 1 unspecified atom stereocenters. The molecule has 1 heterocycles. The van der Waals surface area contributed by atoms with E-state index < -0.39 is 42.2 Å². The number of primary amides is 1. The van der Waals surface area contributed by atoms with Crippen LogP contribution in [-0.2, 0) is 23.8 Å². The van der Waals surface area contributed by atoms with Crippen molar-refractivity contribution < 1.29 is 41.2 Å². The fraction of sp³-hybridized carbons (Fsp3) is 0.480. The van der Waals surface area contributed by atoms with Crippen molar-refractivity contribution in [2.45, 2.75) is 62.7 Å². The molecule has 1 aliphatic rings. The molecule has 6 N–H and O–H groups in total. The van der Waals surface area contributed by atoms with E-state index in [0.29, 0.717) is 5.69 Å². The molecule has 15 heteroatoms. The third kappa shape index (κ3) is 9.85. The van der Waals surface area contributed by atoms with Gasteiger partial charge in [0.25, 0.3) is 0 Å². The Morgan fingerprint density at radius 3 is 2.40 bits per heavy atom. The molecule has 1 amide bonds. The zero-order valence-corrected chi connectivity index (χ0v) is 26.5. The summed E-state index contributed by atoms with van der Waals surface area (Å²) in [6.07, 6.45) is 3.50. The first-order valence-corrected chi connectivity index (χ1v) is 15.5. The van der Waals surface area contributed by atoms with Crippen LogP contribution in [0.2, 0.25) is 0 Å². The van der Waals surface area contributed by atoms with Gasteiger partial charge < -0.3 is 30.4 Å². The van der Waals surface area contributed by atoms with E-state index >= 15 is 0 Å². The first-order valence-electron chi connectivity index (χ1n) is 12.6. The molecular weight excluding hydrogens is 589 g/mol. The first kappa shape index (κ1) is 34.8. The van der Waals surface area contributed by atoms with Crippen molar-refractivity contribution in [2.24, 2.45) is 17.6 Å². The molecule has 0 aliphatic heterocycles. The summed E-state index contributed by atoms with van der Waals surface area (Å²) >= 11 is 0. The van der Waals surface area contributed by atoms with E-state index in [2.05, 4.69) is 0 Å². The number of ether oxygens (including phenoxy) is 1. The maximum absolute atomic E-state index is 14.1. The van der Waals surface area contributed by atoms with Crippen LogP contribution in [0.15, 0.2) is 64.1 Å². The van der Waals surface area contributed by atoms with Crippen LogP contribution in [0.1, 0.15) is 51.3 Å². The minimum Gasteiger partial charge on any atom is -0.468 e. The van der Waals surface area contributed by atoms with E-state index in [-0.39, 0.29) is 73.2 Å². The minimum atomic E-state index is -5.26. The van der Waals surface area contributed by atoms with Gasteiger partial charge >= 0.3 is 13.9 Å². The fourth-order valence-electron chi connectivity index (χ4n) is 4.69. The van der Waals surface area contributed by atoms with Crippen molar-refractivity contribution in [2.75, 3.05) is 12.3 Å². The van der Waals surface area contributed by atoms with Gasteiger partial charge in [-0.3, -0.25) is 4.52 Å². The van der Waals surface area contributed by atoms with Crippen LogP contribution in [0.5, 0.6) is 0 Å². The molecule has 4 atom stereocenters. The summed E-state index contributed by atoms with van der Waals surface area (Å²) in [5, 5.41) is 0. The van der Waals surface area contributed by atoms with E-state index in [9.17, 15) is 27.6 Å². The monoisotopic (exact) mass is 625 g/mol. The van der Waals surface area contributed by atoms with Gasteiger partial charge in [-0.1, -0.05) is 26.0 Å². The van der Waals surface area contributed by atoms with Crippen molar-refractivity contribution in [1.29, 1.82) is 0 Å². The van der Waals surface area contributed by atoms with Gasteiger partial charge in [0.15, 0.2) is 0 Å². The number of sulfonamides is 1. The van der Waals surface area contributed by atoms with Crippen molar-refractivity contribution in [1.82, 2.24) is 4.31 Å². The minimum absolute atomic E-state index is 0. The van der Waals surface area contributed by atoms with Gasteiger partial charge in [0.2, 0.25) is 10.0 Å². The van der Waals surface area contributed by atoms with Crippen LogP contribution in [0, 0.1) is 11.8 Å². The molecule has 0 bridgehead atoms. The molecule has 2 radical (unpaired) electrons. The smallest absolute Gasteiger partial charge is 0.468 e. The summed E-state index contributed by atoms with van der Waals surface area (Å²) in [5.74, 6) is -0.334. The topological polar surface area (TPSA) is 196 Å². The van der Waals surface area contributed by atoms with Crippen LogP contribution in [0.3, 0.4) is 0 Å². The molecule has 0 spiro atoms. The van der Waals surface area contributed by atoms with Gasteiger partial charge in [-0.05, 0) is 73.9 Å². The predicted octanol–water partition coefficient (Wildman–Crippen LogP) is 3.56. The summed E-state index contributed by atoms with van der Waals surface area (Å²) in [7, 11) is -9.60. The number of carbonyl (C=O) groups is 1. The molecule has 218 valence electrons. The van der Waals surface area contributed by atoms with Crippen molar-refractivity contribution in [3.8, 4) is 0 Å². The molecule has 40 heavy (non-hydrogen) atoms. The zero-order chi connectivity index (χ0) is 28.8. The second kappa shape index (κ2) is 15.2. The fourth-order valence-corrected chi connectivity index (χ4v) is 7.02. The van der Waals surface area contributed by atoms with Crippen molar-refractivity contribution in [3.05, 3.63) is 60.6 Å². The average Bonchev–Trinajstić information content (AvgIpc) is 3.37. The number of hydrogen-bond acceptors (Lipinski definition) is 8. The maximum atomic E-state index is 14.1. The molecule has 2 aromatic rings. The number of phosphoric ester groups is 1. The number of amides is 1. The van der Waals surface area contributed by atoms with Gasteiger partial charge in [-0.25, -0.2) is 17.8 Å². The Hall–Kier alpha value is -1.41. The number of rotatable bonds is 13. The van der Waals surface area contributed by atoms with Crippen LogP contribution in [0.4, 0.5) is 10.5 Å². The van der Waals surface area contributed by atoms with Crippen LogP contribution < -0.4 is 11.5 Å². The Labute approximate surface area is 264 Å². The third-order valence-corrected chi connectivity index (χ3v) is 8.65. The Morgan fingerprint density at radius 2 is 1.90 bits per heavy atom. The standard InChI is InChI=1S/C25H36N3O9PS.Ca/c1-17(2)16-28(39(33,34)20-12-10-19(26)11-13-20)23(21-9-6-14-35-21)24(37-38(30,31)32)22(36-25(27)29)15-18-7-4-3-5-8-18;/h4,6-7,9-14,17-18,22-24H,3,5,8,15-16,26H2,1-2H3,(H2,27,29)(H2,30,31,32);/t18?,22-,23+,24-;/m0./s1. The molecule has 0 saturated carbocycles. The summed E-state index contributed by atoms with van der Waals surface area (Å²) in [6.45, 7) is 3.48. The number of carbonyl (C=O) groups excluding carboxylic acids is 1. The summed E-state index contributed by atoms with van der Waals surface area (Å²) in [4.78, 5) is 31.7. The summed E-state index contributed by atoms with van der Waals surface area (Å²) in [5.41, 5.74) is 11.5. The van der Waals surface area contributed by atoms with E-state index in [1.54, 1.807) is 13.8 Å².